The van der Waals surface area contributed by atoms with Gasteiger partial charge in [-0.05, 0) is 35.7 Å². The van der Waals surface area contributed by atoms with E-state index in [0.29, 0.717) is 5.76 Å². The number of hydrogen-bond acceptors (Lipinski definition) is 4. The maximum absolute atomic E-state index is 12.1. The monoisotopic (exact) mass is 332 g/mol. The second-order valence-corrected chi connectivity index (χ2v) is 5.88. The highest BCUT2D eigenvalue weighted by Gasteiger charge is 2.19. The van der Waals surface area contributed by atoms with Crippen LogP contribution in [-0.2, 0) is 0 Å². The Labute approximate surface area is 141 Å². The molecule has 2 atom stereocenters. The van der Waals surface area contributed by atoms with Gasteiger partial charge in [0.1, 0.15) is 17.6 Å². The lowest BCUT2D eigenvalue weighted by molar-refractivity contribution is 0.147. The summed E-state index contributed by atoms with van der Waals surface area (Å²) in [4.78, 5) is 12.1. The van der Waals surface area contributed by atoms with E-state index in [2.05, 4.69) is 10.6 Å². The van der Waals surface area contributed by atoms with Crippen molar-refractivity contribution in [2.24, 2.45) is 5.92 Å². The van der Waals surface area contributed by atoms with E-state index in [1.54, 1.807) is 19.2 Å². The molecule has 0 aliphatic heterocycles. The molecule has 2 amide bonds. The molecule has 0 radical (unpaired) electrons. The molecule has 1 aromatic heterocycles. The number of urea groups is 1. The molecule has 130 valence electrons. The molecule has 1 heterocycles. The Morgan fingerprint density at radius 2 is 1.96 bits per heavy atom. The smallest absolute Gasteiger partial charge is 0.315 e. The number of nitrogens with one attached hydrogen (secondary N) is 2. The second kappa shape index (κ2) is 8.40. The third kappa shape index (κ3) is 4.76. The number of aliphatic hydroxyl groups is 1. The predicted molar refractivity (Wildman–Crippen MR) is 90.8 cm³/mol. The zero-order valence-corrected chi connectivity index (χ0v) is 14.2. The van der Waals surface area contributed by atoms with Crippen molar-refractivity contribution in [3.8, 4) is 5.75 Å². The number of rotatable bonds is 7. The number of carbonyl (C=O) groups excluding carboxylic acids is 1. The Hall–Kier alpha value is -2.47. The average Bonchev–Trinajstić information content (AvgIpc) is 3.12. The van der Waals surface area contributed by atoms with Gasteiger partial charge in [-0.3, -0.25) is 0 Å². The molecule has 6 nitrogen and oxygen atoms in total. The lowest BCUT2D eigenvalue weighted by atomic mass is 9.96. The number of ether oxygens (including phenoxy) is 1. The number of benzene rings is 1. The van der Waals surface area contributed by atoms with Crippen LogP contribution in [0.1, 0.15) is 37.3 Å². The summed E-state index contributed by atoms with van der Waals surface area (Å²) in [5, 5.41) is 15.5. The molecule has 24 heavy (non-hydrogen) atoms. The zero-order chi connectivity index (χ0) is 17.5. The fourth-order valence-corrected chi connectivity index (χ4v) is 2.41. The number of furan rings is 1. The molecule has 6 heteroatoms. The molecule has 1 aromatic carbocycles. The van der Waals surface area contributed by atoms with E-state index in [4.69, 9.17) is 9.15 Å². The van der Waals surface area contributed by atoms with E-state index in [1.807, 2.05) is 38.1 Å². The summed E-state index contributed by atoms with van der Waals surface area (Å²) in [5.74, 6) is 1.40. The van der Waals surface area contributed by atoms with Gasteiger partial charge in [-0.2, -0.15) is 0 Å². The summed E-state index contributed by atoms with van der Waals surface area (Å²) in [6, 6.07) is 10.5. The van der Waals surface area contributed by atoms with Gasteiger partial charge in [-0.1, -0.05) is 26.0 Å². The number of aliphatic hydroxyl groups excluding tert-OH is 1. The maximum atomic E-state index is 12.1. The van der Waals surface area contributed by atoms with Gasteiger partial charge in [0.2, 0.25) is 0 Å². The Kier molecular flexibility index (Phi) is 6.26. The SMILES string of the molecule is COc1ccc(C(NC(=O)NCC(O)c2ccco2)C(C)C)cc1. The van der Waals surface area contributed by atoms with Crippen LogP contribution in [0.25, 0.3) is 0 Å². The van der Waals surface area contributed by atoms with E-state index >= 15 is 0 Å². The van der Waals surface area contributed by atoms with Crippen LogP contribution in [0.5, 0.6) is 5.75 Å². The van der Waals surface area contributed by atoms with Crippen LogP contribution in [0.2, 0.25) is 0 Å². The highest BCUT2D eigenvalue weighted by molar-refractivity contribution is 5.74. The minimum Gasteiger partial charge on any atom is -0.497 e. The highest BCUT2D eigenvalue weighted by atomic mass is 16.5. The lowest BCUT2D eigenvalue weighted by Gasteiger charge is -2.23. The standard InChI is InChI=1S/C18H24N2O4/c1-12(2)17(13-6-8-14(23-3)9-7-13)20-18(22)19-11-15(21)16-5-4-10-24-16/h4-10,12,15,17,21H,11H2,1-3H3,(H2,19,20,22). The molecule has 0 saturated carbocycles. The fraction of sp³-hybridized carbons (Fsp3) is 0.389. The van der Waals surface area contributed by atoms with Crippen molar-refractivity contribution in [3.63, 3.8) is 0 Å². The van der Waals surface area contributed by atoms with Crippen LogP contribution in [-0.4, -0.2) is 24.8 Å². The van der Waals surface area contributed by atoms with Gasteiger partial charge >= 0.3 is 6.03 Å². The van der Waals surface area contributed by atoms with Crippen LogP contribution < -0.4 is 15.4 Å². The van der Waals surface area contributed by atoms with E-state index in [-0.39, 0.29) is 24.5 Å². The Morgan fingerprint density at radius 3 is 2.50 bits per heavy atom. The van der Waals surface area contributed by atoms with Crippen LogP contribution >= 0.6 is 0 Å². The van der Waals surface area contributed by atoms with Crippen LogP contribution in [0, 0.1) is 5.92 Å². The van der Waals surface area contributed by atoms with E-state index in [0.717, 1.165) is 11.3 Å². The van der Waals surface area contributed by atoms with Crippen molar-refractivity contribution in [1.29, 1.82) is 0 Å². The van der Waals surface area contributed by atoms with Crippen LogP contribution in [0.3, 0.4) is 0 Å². The van der Waals surface area contributed by atoms with Crippen molar-refractivity contribution < 1.29 is 19.1 Å². The molecule has 0 spiro atoms. The summed E-state index contributed by atoms with van der Waals surface area (Å²) < 4.78 is 10.3. The molecule has 0 saturated heterocycles. The summed E-state index contributed by atoms with van der Waals surface area (Å²) in [6.07, 6.45) is 0.612. The normalized spacial score (nSPS) is 13.4. The first-order valence-electron chi connectivity index (χ1n) is 7.91. The minimum atomic E-state index is -0.871. The Bertz CT molecular complexity index is 623. The number of carbonyl (C=O) groups is 1. The van der Waals surface area contributed by atoms with Crippen molar-refractivity contribution in [1.82, 2.24) is 10.6 Å². The molecular weight excluding hydrogens is 308 g/mol. The van der Waals surface area contributed by atoms with Gasteiger partial charge in [0.15, 0.2) is 0 Å². The maximum Gasteiger partial charge on any atom is 0.315 e. The second-order valence-electron chi connectivity index (χ2n) is 5.88. The van der Waals surface area contributed by atoms with Crippen LogP contribution in [0.15, 0.2) is 47.1 Å². The number of methoxy groups -OCH3 is 1. The first-order valence-corrected chi connectivity index (χ1v) is 7.91. The van der Waals surface area contributed by atoms with Gasteiger partial charge in [0, 0.05) is 0 Å². The Balaban J connectivity index is 1.93. The topological polar surface area (TPSA) is 83.7 Å². The van der Waals surface area contributed by atoms with E-state index < -0.39 is 6.10 Å². The predicted octanol–water partition coefficient (Wildman–Crippen LogP) is 3.02. The van der Waals surface area contributed by atoms with E-state index in [1.165, 1.54) is 6.26 Å². The quantitative estimate of drug-likeness (QED) is 0.728. The van der Waals surface area contributed by atoms with Gasteiger partial charge < -0.3 is 24.9 Å². The molecule has 0 bridgehead atoms. The first-order chi connectivity index (χ1) is 11.5. The van der Waals surface area contributed by atoms with Crippen molar-refractivity contribution in [2.75, 3.05) is 13.7 Å². The van der Waals surface area contributed by atoms with Crippen molar-refractivity contribution in [2.45, 2.75) is 26.0 Å². The van der Waals surface area contributed by atoms with Gasteiger partial charge in [0.25, 0.3) is 0 Å². The molecular formula is C18H24N2O4. The van der Waals surface area contributed by atoms with E-state index in [9.17, 15) is 9.90 Å². The molecule has 0 aliphatic carbocycles. The largest absolute Gasteiger partial charge is 0.497 e. The summed E-state index contributed by atoms with van der Waals surface area (Å²) >= 11 is 0. The average molecular weight is 332 g/mol. The number of hydrogen-bond donors (Lipinski definition) is 3. The molecule has 3 N–H and O–H groups in total. The molecule has 0 fully saturated rings. The number of amides is 2. The lowest BCUT2D eigenvalue weighted by Crippen LogP contribution is -2.41. The Morgan fingerprint density at radius 1 is 1.25 bits per heavy atom. The molecule has 2 unspecified atom stereocenters. The van der Waals surface area contributed by atoms with Gasteiger partial charge in [-0.25, -0.2) is 4.79 Å². The minimum absolute atomic E-state index is 0.0762. The summed E-state index contributed by atoms with van der Waals surface area (Å²) in [7, 11) is 1.62. The molecule has 0 aliphatic rings. The van der Waals surface area contributed by atoms with Crippen LogP contribution in [0.4, 0.5) is 4.79 Å². The van der Waals surface area contributed by atoms with Crippen molar-refractivity contribution >= 4 is 6.03 Å². The summed E-state index contributed by atoms with van der Waals surface area (Å²) in [6.45, 7) is 4.15. The first kappa shape index (κ1) is 17.9. The molecule has 2 aromatic rings. The highest BCUT2D eigenvalue weighted by Crippen LogP contribution is 2.23. The summed E-state index contributed by atoms with van der Waals surface area (Å²) in [5.41, 5.74) is 0.993. The third-order valence-corrected chi connectivity index (χ3v) is 3.76. The third-order valence-electron chi connectivity index (χ3n) is 3.76. The van der Waals surface area contributed by atoms with Gasteiger partial charge in [0.05, 0.1) is 26.0 Å². The fourth-order valence-electron chi connectivity index (χ4n) is 2.41. The molecule has 2 rings (SSSR count). The van der Waals surface area contributed by atoms with Gasteiger partial charge in [-0.15, -0.1) is 0 Å². The van der Waals surface area contributed by atoms with Crippen molar-refractivity contribution in [3.05, 3.63) is 54.0 Å². The zero-order valence-electron chi connectivity index (χ0n) is 14.2.